The topological polar surface area (TPSA) is 65.7 Å². The zero-order chi connectivity index (χ0) is 24.6. The van der Waals surface area contributed by atoms with E-state index in [1.54, 1.807) is 38.1 Å². The molecule has 0 N–H and O–H groups in total. The SMILES string of the molecule is Cc1ccc(C)c(Oc2c(C(F)(F)F)oc3cc(OC(=O)c4cccc(Br)c4)ccc3c2=O)c1. The van der Waals surface area contributed by atoms with Gasteiger partial charge in [-0.1, -0.05) is 34.1 Å². The smallest absolute Gasteiger partial charge is 0.449 e. The van der Waals surface area contributed by atoms with Crippen molar-refractivity contribution in [3.8, 4) is 17.2 Å². The minimum atomic E-state index is -5.01. The van der Waals surface area contributed by atoms with Gasteiger partial charge in [-0.25, -0.2) is 4.79 Å². The number of halogens is 4. The summed E-state index contributed by atoms with van der Waals surface area (Å²) in [4.78, 5) is 25.4. The molecule has 0 saturated heterocycles. The Bertz CT molecular complexity index is 1470. The molecule has 9 heteroatoms. The van der Waals surface area contributed by atoms with Crippen molar-refractivity contribution < 1.29 is 31.9 Å². The Hall–Kier alpha value is -3.59. The second kappa shape index (κ2) is 8.98. The zero-order valence-corrected chi connectivity index (χ0v) is 19.4. The normalized spacial score (nSPS) is 11.5. The molecule has 1 heterocycles. The fraction of sp³-hybridized carbons (Fsp3) is 0.120. The number of carbonyl (C=O) groups excluding carboxylic acids is 1. The Morgan fingerprint density at radius 1 is 1.00 bits per heavy atom. The van der Waals surface area contributed by atoms with Gasteiger partial charge in [0, 0.05) is 10.5 Å². The van der Waals surface area contributed by atoms with Crippen LogP contribution in [0, 0.1) is 13.8 Å². The molecule has 0 atom stereocenters. The highest BCUT2D eigenvalue weighted by atomic mass is 79.9. The van der Waals surface area contributed by atoms with Crippen molar-refractivity contribution in [2.75, 3.05) is 0 Å². The summed E-state index contributed by atoms with van der Waals surface area (Å²) >= 11 is 3.25. The summed E-state index contributed by atoms with van der Waals surface area (Å²) in [6, 6.07) is 15.0. The Morgan fingerprint density at radius 2 is 1.76 bits per heavy atom. The lowest BCUT2D eigenvalue weighted by Crippen LogP contribution is -2.16. The Morgan fingerprint density at radius 3 is 2.47 bits per heavy atom. The Labute approximate surface area is 199 Å². The molecule has 0 radical (unpaired) electrons. The van der Waals surface area contributed by atoms with Crippen molar-refractivity contribution in [3.63, 3.8) is 0 Å². The maximum absolute atomic E-state index is 13.8. The van der Waals surface area contributed by atoms with Crippen LogP contribution in [0.3, 0.4) is 0 Å². The third-order valence-electron chi connectivity index (χ3n) is 4.91. The largest absolute Gasteiger partial charge is 0.453 e. The van der Waals surface area contributed by atoms with Gasteiger partial charge >= 0.3 is 12.1 Å². The van der Waals surface area contributed by atoms with Crippen LogP contribution < -0.4 is 14.9 Å². The molecule has 3 aromatic carbocycles. The number of fused-ring (bicyclic) bond motifs is 1. The number of rotatable bonds is 4. The van der Waals surface area contributed by atoms with Gasteiger partial charge in [-0.05, 0) is 61.4 Å². The Kier molecular flexibility index (Phi) is 6.22. The first-order valence-electron chi connectivity index (χ1n) is 9.94. The summed E-state index contributed by atoms with van der Waals surface area (Å²) in [6.45, 7) is 3.40. The number of aryl methyl sites for hydroxylation is 2. The highest BCUT2D eigenvalue weighted by molar-refractivity contribution is 9.10. The van der Waals surface area contributed by atoms with E-state index in [9.17, 15) is 22.8 Å². The van der Waals surface area contributed by atoms with Crippen LogP contribution in [-0.4, -0.2) is 5.97 Å². The molecule has 0 spiro atoms. The van der Waals surface area contributed by atoms with Gasteiger partial charge in [0.2, 0.25) is 11.2 Å². The molecule has 34 heavy (non-hydrogen) atoms. The van der Waals surface area contributed by atoms with E-state index in [2.05, 4.69) is 15.9 Å². The van der Waals surface area contributed by atoms with E-state index in [1.165, 1.54) is 30.3 Å². The Balaban J connectivity index is 1.78. The third kappa shape index (κ3) is 4.84. The lowest BCUT2D eigenvalue weighted by molar-refractivity contribution is -0.154. The van der Waals surface area contributed by atoms with Crippen LogP contribution in [0.1, 0.15) is 27.2 Å². The van der Waals surface area contributed by atoms with E-state index in [-0.39, 0.29) is 22.4 Å². The maximum atomic E-state index is 13.8. The van der Waals surface area contributed by atoms with Gasteiger partial charge in [0.1, 0.15) is 17.1 Å². The van der Waals surface area contributed by atoms with Crippen LogP contribution in [0.5, 0.6) is 17.2 Å². The highest BCUT2D eigenvalue weighted by Crippen LogP contribution is 2.39. The van der Waals surface area contributed by atoms with E-state index in [0.717, 1.165) is 11.6 Å². The van der Waals surface area contributed by atoms with Crippen molar-refractivity contribution in [2.24, 2.45) is 0 Å². The van der Waals surface area contributed by atoms with Crippen molar-refractivity contribution in [3.05, 3.63) is 97.8 Å². The fourth-order valence-corrected chi connectivity index (χ4v) is 3.61. The van der Waals surface area contributed by atoms with Crippen molar-refractivity contribution in [1.82, 2.24) is 0 Å². The number of esters is 1. The van der Waals surface area contributed by atoms with E-state index in [4.69, 9.17) is 13.9 Å². The van der Waals surface area contributed by atoms with Crippen LogP contribution in [0.2, 0.25) is 0 Å². The maximum Gasteiger partial charge on any atom is 0.453 e. The number of ether oxygens (including phenoxy) is 2. The molecule has 0 aliphatic heterocycles. The van der Waals surface area contributed by atoms with E-state index >= 15 is 0 Å². The standard InChI is InChI=1S/C25H16BrF3O5/c1-13-6-7-14(2)19(10-13)33-22-21(30)18-9-8-17(12-20(18)34-23(22)25(27,28)29)32-24(31)15-4-3-5-16(26)11-15/h3-12H,1-2H3. The van der Waals surface area contributed by atoms with Crippen molar-refractivity contribution in [2.45, 2.75) is 20.0 Å². The van der Waals surface area contributed by atoms with Gasteiger partial charge in [0.25, 0.3) is 5.76 Å². The second-order valence-corrected chi connectivity index (χ2v) is 8.43. The molecule has 4 aromatic rings. The molecule has 0 saturated carbocycles. The lowest BCUT2D eigenvalue weighted by atomic mass is 10.1. The average molecular weight is 533 g/mol. The summed E-state index contributed by atoms with van der Waals surface area (Å²) < 4.78 is 57.8. The number of benzene rings is 3. The summed E-state index contributed by atoms with van der Waals surface area (Å²) in [6.07, 6.45) is -5.01. The molecule has 5 nitrogen and oxygen atoms in total. The molecular weight excluding hydrogens is 517 g/mol. The van der Waals surface area contributed by atoms with Crippen LogP contribution in [-0.2, 0) is 6.18 Å². The average Bonchev–Trinajstić information content (AvgIpc) is 2.77. The van der Waals surface area contributed by atoms with E-state index < -0.39 is 34.7 Å². The number of hydrogen-bond acceptors (Lipinski definition) is 5. The fourth-order valence-electron chi connectivity index (χ4n) is 3.21. The number of alkyl halides is 3. The molecule has 0 fully saturated rings. The summed E-state index contributed by atoms with van der Waals surface area (Å²) in [5, 5.41) is -0.157. The van der Waals surface area contributed by atoms with Gasteiger partial charge in [0.15, 0.2) is 0 Å². The predicted molar refractivity (Wildman–Crippen MR) is 123 cm³/mol. The van der Waals surface area contributed by atoms with Crippen LogP contribution in [0.4, 0.5) is 13.2 Å². The lowest BCUT2D eigenvalue weighted by Gasteiger charge is -2.15. The van der Waals surface area contributed by atoms with Gasteiger partial charge < -0.3 is 13.9 Å². The summed E-state index contributed by atoms with van der Waals surface area (Å²) in [5.41, 5.74) is 0.123. The highest BCUT2D eigenvalue weighted by Gasteiger charge is 2.40. The molecule has 4 rings (SSSR count). The molecule has 0 amide bonds. The van der Waals surface area contributed by atoms with Gasteiger partial charge in [0.05, 0.1) is 10.9 Å². The number of carbonyl (C=O) groups is 1. The molecule has 174 valence electrons. The van der Waals surface area contributed by atoms with E-state index in [0.29, 0.717) is 10.0 Å². The van der Waals surface area contributed by atoms with E-state index in [1.807, 2.05) is 0 Å². The van der Waals surface area contributed by atoms with Crippen molar-refractivity contribution in [1.29, 1.82) is 0 Å². The van der Waals surface area contributed by atoms with Crippen molar-refractivity contribution >= 4 is 32.9 Å². The molecule has 1 aromatic heterocycles. The second-order valence-electron chi connectivity index (χ2n) is 7.52. The molecule has 0 unspecified atom stereocenters. The predicted octanol–water partition coefficient (Wildman–Crippen LogP) is 7.20. The molecule has 0 aliphatic carbocycles. The molecule has 0 aliphatic rings. The minimum Gasteiger partial charge on any atom is -0.449 e. The summed E-state index contributed by atoms with van der Waals surface area (Å²) in [7, 11) is 0. The van der Waals surface area contributed by atoms with Gasteiger partial charge in [-0.3, -0.25) is 4.79 Å². The minimum absolute atomic E-state index is 0.0862. The monoisotopic (exact) mass is 532 g/mol. The quantitative estimate of drug-likeness (QED) is 0.205. The number of hydrogen-bond donors (Lipinski definition) is 0. The zero-order valence-electron chi connectivity index (χ0n) is 17.8. The molecule has 0 bridgehead atoms. The first kappa shape index (κ1) is 23.6. The van der Waals surface area contributed by atoms with Gasteiger partial charge in [-0.2, -0.15) is 13.2 Å². The van der Waals surface area contributed by atoms with Crippen LogP contribution in [0.15, 0.2) is 74.3 Å². The van der Waals surface area contributed by atoms with Gasteiger partial charge in [-0.15, -0.1) is 0 Å². The first-order valence-corrected chi connectivity index (χ1v) is 10.7. The third-order valence-corrected chi connectivity index (χ3v) is 5.40. The van der Waals surface area contributed by atoms with Crippen LogP contribution in [0.25, 0.3) is 11.0 Å². The molecular formula is C25H16BrF3O5. The van der Waals surface area contributed by atoms with Crippen LogP contribution >= 0.6 is 15.9 Å². The first-order chi connectivity index (χ1) is 16.0. The summed E-state index contributed by atoms with van der Waals surface area (Å²) in [5.74, 6) is -3.25.